The van der Waals surface area contributed by atoms with Gasteiger partial charge in [0.15, 0.2) is 0 Å². The summed E-state index contributed by atoms with van der Waals surface area (Å²) in [6.07, 6.45) is -4.68. The Morgan fingerprint density at radius 1 is 1.00 bits per heavy atom. The predicted molar refractivity (Wildman–Crippen MR) is 77.2 cm³/mol. The molecule has 0 saturated heterocycles. The number of halogens is 3. The van der Waals surface area contributed by atoms with E-state index in [0.717, 1.165) is 16.7 Å². The van der Waals surface area contributed by atoms with Crippen LogP contribution in [-0.4, -0.2) is 6.36 Å². The molecule has 2 aromatic carbocycles. The summed E-state index contributed by atoms with van der Waals surface area (Å²) >= 11 is 0. The molecule has 2 N–H and O–H groups in total. The first-order valence-electron chi connectivity index (χ1n) is 6.61. The van der Waals surface area contributed by atoms with Crippen LogP contribution in [0.2, 0.25) is 0 Å². The van der Waals surface area contributed by atoms with Gasteiger partial charge in [0, 0.05) is 11.3 Å². The molecule has 0 heterocycles. The van der Waals surface area contributed by atoms with Crippen molar-refractivity contribution in [2.24, 2.45) is 0 Å². The Balaban J connectivity index is 1.87. The van der Waals surface area contributed by atoms with Crippen LogP contribution in [0.5, 0.6) is 5.75 Å². The molecule has 0 aliphatic heterocycles. The minimum Gasteiger partial charge on any atom is -0.406 e. The van der Waals surface area contributed by atoms with Gasteiger partial charge in [-0.1, -0.05) is 24.3 Å². The van der Waals surface area contributed by atoms with Gasteiger partial charge in [0.2, 0.25) is 0 Å². The molecule has 0 aliphatic rings. The van der Waals surface area contributed by atoms with Crippen LogP contribution in [0.3, 0.4) is 0 Å². The summed E-state index contributed by atoms with van der Waals surface area (Å²) in [7, 11) is 0. The Bertz CT molecular complexity index is 624. The first kappa shape index (κ1) is 16.2. The first-order valence-corrected chi connectivity index (χ1v) is 6.61. The van der Waals surface area contributed by atoms with Gasteiger partial charge in [-0.2, -0.15) is 0 Å². The number of aryl methyl sites for hydroxylation is 1. The molecule has 0 unspecified atom stereocenters. The van der Waals surface area contributed by atoms with Crippen molar-refractivity contribution in [2.75, 3.05) is 5.73 Å². The zero-order valence-electron chi connectivity index (χ0n) is 12.0. The van der Waals surface area contributed by atoms with Crippen LogP contribution in [0.15, 0.2) is 42.5 Å². The van der Waals surface area contributed by atoms with Crippen molar-refractivity contribution >= 4 is 5.69 Å². The molecule has 6 heteroatoms. The fourth-order valence-corrected chi connectivity index (χ4v) is 1.91. The van der Waals surface area contributed by atoms with Crippen molar-refractivity contribution in [1.29, 1.82) is 0 Å². The van der Waals surface area contributed by atoms with Gasteiger partial charge in [0.25, 0.3) is 0 Å². The lowest BCUT2D eigenvalue weighted by Gasteiger charge is -2.10. The number of anilines is 1. The second-order valence-electron chi connectivity index (χ2n) is 4.89. The number of ether oxygens (including phenoxy) is 2. The third-order valence-electron chi connectivity index (χ3n) is 2.98. The number of benzene rings is 2. The summed E-state index contributed by atoms with van der Waals surface area (Å²) in [5, 5.41) is 0. The van der Waals surface area contributed by atoms with E-state index in [9.17, 15) is 13.2 Å². The quantitative estimate of drug-likeness (QED) is 0.842. The SMILES string of the molecule is Cc1ccc(COCc2ccc(OC(F)(F)F)cc2)c(N)c1. The molecule has 0 saturated carbocycles. The van der Waals surface area contributed by atoms with E-state index in [0.29, 0.717) is 12.3 Å². The van der Waals surface area contributed by atoms with Gasteiger partial charge in [-0.05, 0) is 36.2 Å². The van der Waals surface area contributed by atoms with E-state index < -0.39 is 6.36 Å². The Morgan fingerprint density at radius 3 is 2.27 bits per heavy atom. The molecular weight excluding hydrogens is 295 g/mol. The summed E-state index contributed by atoms with van der Waals surface area (Å²) in [6, 6.07) is 11.3. The van der Waals surface area contributed by atoms with Gasteiger partial charge >= 0.3 is 6.36 Å². The van der Waals surface area contributed by atoms with Crippen molar-refractivity contribution in [3.05, 3.63) is 59.2 Å². The lowest BCUT2D eigenvalue weighted by atomic mass is 10.1. The van der Waals surface area contributed by atoms with E-state index >= 15 is 0 Å². The lowest BCUT2D eigenvalue weighted by molar-refractivity contribution is -0.274. The van der Waals surface area contributed by atoms with E-state index in [4.69, 9.17) is 10.5 Å². The highest BCUT2D eigenvalue weighted by Crippen LogP contribution is 2.23. The lowest BCUT2D eigenvalue weighted by Crippen LogP contribution is -2.17. The Kier molecular flexibility index (Phi) is 4.92. The molecule has 0 amide bonds. The third-order valence-corrected chi connectivity index (χ3v) is 2.98. The number of hydrogen-bond acceptors (Lipinski definition) is 3. The molecule has 118 valence electrons. The molecule has 0 spiro atoms. The molecule has 2 aromatic rings. The van der Waals surface area contributed by atoms with E-state index in [2.05, 4.69) is 4.74 Å². The second kappa shape index (κ2) is 6.70. The van der Waals surface area contributed by atoms with E-state index in [-0.39, 0.29) is 12.4 Å². The molecule has 3 nitrogen and oxygen atoms in total. The Hall–Kier alpha value is -2.21. The maximum atomic E-state index is 12.0. The zero-order valence-corrected chi connectivity index (χ0v) is 12.0. The first-order chi connectivity index (χ1) is 10.3. The third kappa shape index (κ3) is 4.96. The molecule has 2 rings (SSSR count). The van der Waals surface area contributed by atoms with Gasteiger partial charge in [0.1, 0.15) is 5.75 Å². The molecule has 22 heavy (non-hydrogen) atoms. The topological polar surface area (TPSA) is 44.5 Å². The van der Waals surface area contributed by atoms with Crippen LogP contribution in [0.25, 0.3) is 0 Å². The van der Waals surface area contributed by atoms with Crippen molar-refractivity contribution in [3.8, 4) is 5.75 Å². The molecule has 0 radical (unpaired) electrons. The van der Waals surface area contributed by atoms with E-state index in [1.54, 1.807) is 0 Å². The highest BCUT2D eigenvalue weighted by atomic mass is 19.4. The number of nitrogen functional groups attached to an aromatic ring is 1. The summed E-state index contributed by atoms with van der Waals surface area (Å²) < 4.78 is 45.4. The molecule has 0 aromatic heterocycles. The summed E-state index contributed by atoms with van der Waals surface area (Å²) in [6.45, 7) is 2.57. The number of rotatable bonds is 5. The molecule has 0 fully saturated rings. The van der Waals surface area contributed by atoms with Crippen molar-refractivity contribution in [1.82, 2.24) is 0 Å². The number of nitrogens with two attached hydrogens (primary N) is 1. The largest absolute Gasteiger partial charge is 0.573 e. The second-order valence-corrected chi connectivity index (χ2v) is 4.89. The number of hydrogen-bond donors (Lipinski definition) is 1. The zero-order chi connectivity index (χ0) is 16.2. The Morgan fingerprint density at radius 2 is 1.68 bits per heavy atom. The highest BCUT2D eigenvalue weighted by Gasteiger charge is 2.30. The maximum absolute atomic E-state index is 12.0. The van der Waals surface area contributed by atoms with E-state index in [1.807, 2.05) is 25.1 Å². The van der Waals surface area contributed by atoms with Crippen molar-refractivity contribution in [2.45, 2.75) is 26.5 Å². The minimum atomic E-state index is -4.68. The Labute approximate surface area is 126 Å². The monoisotopic (exact) mass is 311 g/mol. The smallest absolute Gasteiger partial charge is 0.406 e. The molecular formula is C16H16F3NO2. The van der Waals surface area contributed by atoms with Crippen LogP contribution < -0.4 is 10.5 Å². The standard InChI is InChI=1S/C16H16F3NO2/c1-11-2-5-13(15(20)8-11)10-21-9-12-3-6-14(7-4-12)22-16(17,18)19/h2-8H,9-10,20H2,1H3. The molecule has 0 aliphatic carbocycles. The van der Waals surface area contributed by atoms with Crippen LogP contribution in [0.1, 0.15) is 16.7 Å². The van der Waals surface area contributed by atoms with Crippen LogP contribution in [0.4, 0.5) is 18.9 Å². The average molecular weight is 311 g/mol. The summed E-state index contributed by atoms with van der Waals surface area (Å²) in [4.78, 5) is 0. The van der Waals surface area contributed by atoms with E-state index in [1.165, 1.54) is 24.3 Å². The fraction of sp³-hybridized carbons (Fsp3) is 0.250. The highest BCUT2D eigenvalue weighted by molar-refractivity contribution is 5.48. The van der Waals surface area contributed by atoms with Crippen molar-refractivity contribution < 1.29 is 22.6 Å². The molecule has 0 atom stereocenters. The van der Waals surface area contributed by atoms with Crippen LogP contribution in [-0.2, 0) is 18.0 Å². The predicted octanol–water partition coefficient (Wildman–Crippen LogP) is 4.19. The average Bonchev–Trinajstić information content (AvgIpc) is 2.41. The van der Waals surface area contributed by atoms with Gasteiger partial charge in [-0.15, -0.1) is 13.2 Å². The summed E-state index contributed by atoms with van der Waals surface area (Å²) in [5.74, 6) is -0.251. The summed E-state index contributed by atoms with van der Waals surface area (Å²) in [5.41, 5.74) is 9.24. The van der Waals surface area contributed by atoms with Gasteiger partial charge in [-0.25, -0.2) is 0 Å². The number of alkyl halides is 3. The van der Waals surface area contributed by atoms with Gasteiger partial charge in [0.05, 0.1) is 13.2 Å². The van der Waals surface area contributed by atoms with Crippen LogP contribution in [0, 0.1) is 6.92 Å². The van der Waals surface area contributed by atoms with Gasteiger partial charge < -0.3 is 15.2 Å². The normalized spacial score (nSPS) is 11.5. The van der Waals surface area contributed by atoms with Crippen molar-refractivity contribution in [3.63, 3.8) is 0 Å². The molecule has 0 bridgehead atoms. The van der Waals surface area contributed by atoms with Crippen LogP contribution >= 0.6 is 0 Å². The minimum absolute atomic E-state index is 0.251. The maximum Gasteiger partial charge on any atom is 0.573 e. The van der Waals surface area contributed by atoms with Gasteiger partial charge in [-0.3, -0.25) is 0 Å². The fourth-order valence-electron chi connectivity index (χ4n) is 1.91.